The number of imide groups is 1. The second-order valence-electron chi connectivity index (χ2n) is 5.64. The lowest BCUT2D eigenvalue weighted by atomic mass is 9.88. The van der Waals surface area contributed by atoms with Crippen molar-refractivity contribution in [2.45, 2.75) is 0 Å². The minimum absolute atomic E-state index is 0.0959. The normalized spacial score (nSPS) is 12.9. The Balaban J connectivity index is 2.19. The minimum atomic E-state index is -0.524. The zero-order valence-electron chi connectivity index (χ0n) is 12.8. The third kappa shape index (κ3) is 2.44. The van der Waals surface area contributed by atoms with Gasteiger partial charge >= 0.3 is 0 Å². The number of benzene rings is 3. The van der Waals surface area contributed by atoms with Gasteiger partial charge in [0.05, 0.1) is 21.2 Å². The van der Waals surface area contributed by atoms with Gasteiger partial charge in [0.15, 0.2) is 0 Å². The summed E-state index contributed by atoms with van der Waals surface area (Å²) in [4.78, 5) is 24.7. The SMILES string of the molecule is O=C1NC(=O)c2c1c(Cl)c(Cl)c(-c1ccccc1)c2-c1ccccc1. The second kappa shape index (κ2) is 6.03. The summed E-state index contributed by atoms with van der Waals surface area (Å²) in [6, 6.07) is 18.8. The largest absolute Gasteiger partial charge is 0.288 e. The summed E-state index contributed by atoms with van der Waals surface area (Å²) in [7, 11) is 0. The fourth-order valence-corrected chi connectivity index (χ4v) is 3.70. The van der Waals surface area contributed by atoms with Gasteiger partial charge in [-0.2, -0.15) is 0 Å². The van der Waals surface area contributed by atoms with E-state index in [1.165, 1.54) is 0 Å². The molecule has 3 nitrogen and oxygen atoms in total. The molecule has 2 amide bonds. The number of carbonyl (C=O) groups is 2. The number of hydrogen-bond donors (Lipinski definition) is 1. The molecule has 1 heterocycles. The van der Waals surface area contributed by atoms with Crippen LogP contribution < -0.4 is 5.32 Å². The zero-order valence-corrected chi connectivity index (χ0v) is 14.4. The Labute approximate surface area is 154 Å². The van der Waals surface area contributed by atoms with Gasteiger partial charge in [0.25, 0.3) is 11.8 Å². The summed E-state index contributed by atoms with van der Waals surface area (Å²) in [5, 5.41) is 2.67. The van der Waals surface area contributed by atoms with Crippen LogP contribution in [0, 0.1) is 0 Å². The van der Waals surface area contributed by atoms with Crippen LogP contribution in [0.4, 0.5) is 0 Å². The molecule has 0 atom stereocenters. The molecular formula is C20H11Cl2NO2. The Hall–Kier alpha value is -2.62. The van der Waals surface area contributed by atoms with Gasteiger partial charge in [-0.1, -0.05) is 83.9 Å². The summed E-state index contributed by atoms with van der Waals surface area (Å²) in [5.41, 5.74) is 3.27. The fourth-order valence-electron chi connectivity index (χ4n) is 3.13. The molecule has 0 bridgehead atoms. The van der Waals surface area contributed by atoms with Crippen molar-refractivity contribution in [3.63, 3.8) is 0 Å². The van der Waals surface area contributed by atoms with E-state index in [1.54, 1.807) is 0 Å². The maximum Gasteiger partial charge on any atom is 0.260 e. The molecular weight excluding hydrogens is 357 g/mol. The molecule has 0 radical (unpaired) electrons. The number of nitrogens with one attached hydrogen (secondary N) is 1. The lowest BCUT2D eigenvalue weighted by molar-refractivity contribution is 0.0880. The quantitative estimate of drug-likeness (QED) is 0.631. The standard InChI is InChI=1S/C20H11Cl2NO2/c21-17-14(12-9-5-2-6-10-12)13(11-7-3-1-4-8-11)15-16(18(17)22)20(25)23-19(15)24/h1-10H,(H,23,24,25). The molecule has 0 unspecified atom stereocenters. The molecule has 1 aliphatic rings. The van der Waals surface area contributed by atoms with Gasteiger partial charge in [0, 0.05) is 11.1 Å². The van der Waals surface area contributed by atoms with Crippen molar-refractivity contribution in [1.29, 1.82) is 0 Å². The van der Waals surface area contributed by atoms with E-state index in [9.17, 15) is 9.59 Å². The molecule has 0 spiro atoms. The van der Waals surface area contributed by atoms with E-state index in [4.69, 9.17) is 23.2 Å². The number of amides is 2. The van der Waals surface area contributed by atoms with Gasteiger partial charge in [-0.05, 0) is 11.1 Å². The van der Waals surface area contributed by atoms with Gasteiger partial charge in [-0.15, -0.1) is 0 Å². The maximum absolute atomic E-state index is 12.5. The molecule has 0 aliphatic carbocycles. The van der Waals surface area contributed by atoms with E-state index < -0.39 is 11.8 Å². The molecule has 0 saturated carbocycles. The number of rotatable bonds is 2. The summed E-state index contributed by atoms with van der Waals surface area (Å²) in [6.45, 7) is 0. The van der Waals surface area contributed by atoms with Gasteiger partial charge < -0.3 is 0 Å². The lowest BCUT2D eigenvalue weighted by Gasteiger charge is -2.17. The number of carbonyl (C=O) groups excluding carboxylic acids is 2. The second-order valence-corrected chi connectivity index (χ2v) is 6.40. The minimum Gasteiger partial charge on any atom is -0.288 e. The Morgan fingerprint density at radius 1 is 0.560 bits per heavy atom. The fraction of sp³-hybridized carbons (Fsp3) is 0. The molecule has 4 rings (SSSR count). The first kappa shape index (κ1) is 15.9. The third-order valence-electron chi connectivity index (χ3n) is 4.19. The van der Waals surface area contributed by atoms with Crippen LogP contribution in [0.1, 0.15) is 20.7 Å². The first-order valence-corrected chi connectivity index (χ1v) is 8.36. The summed E-state index contributed by atoms with van der Waals surface area (Å²) < 4.78 is 0. The van der Waals surface area contributed by atoms with Gasteiger partial charge in [0.1, 0.15) is 0 Å². The molecule has 3 aromatic carbocycles. The smallest absolute Gasteiger partial charge is 0.260 e. The molecule has 25 heavy (non-hydrogen) atoms. The van der Waals surface area contributed by atoms with Crippen molar-refractivity contribution in [3.8, 4) is 22.3 Å². The van der Waals surface area contributed by atoms with Crippen LogP contribution in [0.5, 0.6) is 0 Å². The van der Waals surface area contributed by atoms with Gasteiger partial charge in [-0.25, -0.2) is 0 Å². The highest BCUT2D eigenvalue weighted by Crippen LogP contribution is 2.47. The average molecular weight is 368 g/mol. The van der Waals surface area contributed by atoms with Crippen LogP contribution in [0.25, 0.3) is 22.3 Å². The summed E-state index contributed by atoms with van der Waals surface area (Å²) >= 11 is 12.9. The molecule has 0 fully saturated rings. The zero-order chi connectivity index (χ0) is 17.6. The highest BCUT2D eigenvalue weighted by molar-refractivity contribution is 6.48. The van der Waals surface area contributed by atoms with Crippen molar-refractivity contribution in [1.82, 2.24) is 5.32 Å². The molecule has 0 aromatic heterocycles. The summed E-state index contributed by atoms with van der Waals surface area (Å²) in [5.74, 6) is -0.988. The predicted octanol–water partition coefficient (Wildman–Crippen LogP) is 5.21. The van der Waals surface area contributed by atoms with Crippen molar-refractivity contribution in [2.24, 2.45) is 0 Å². The van der Waals surface area contributed by atoms with E-state index in [0.717, 1.165) is 11.1 Å². The van der Waals surface area contributed by atoms with E-state index >= 15 is 0 Å². The van der Waals surface area contributed by atoms with Crippen LogP contribution in [0.15, 0.2) is 60.7 Å². The van der Waals surface area contributed by atoms with Crippen LogP contribution in [0.3, 0.4) is 0 Å². The molecule has 1 N–H and O–H groups in total. The molecule has 122 valence electrons. The van der Waals surface area contributed by atoms with Crippen molar-refractivity contribution in [3.05, 3.63) is 81.8 Å². The van der Waals surface area contributed by atoms with Crippen molar-refractivity contribution < 1.29 is 9.59 Å². The number of halogens is 2. The number of fused-ring (bicyclic) bond motifs is 1. The van der Waals surface area contributed by atoms with Gasteiger partial charge in [-0.3, -0.25) is 14.9 Å². The van der Waals surface area contributed by atoms with Crippen molar-refractivity contribution >= 4 is 35.0 Å². The lowest BCUT2D eigenvalue weighted by Crippen LogP contribution is -2.20. The third-order valence-corrected chi connectivity index (χ3v) is 5.04. The van der Waals surface area contributed by atoms with E-state index in [-0.39, 0.29) is 21.2 Å². The highest BCUT2D eigenvalue weighted by Gasteiger charge is 2.36. The van der Waals surface area contributed by atoms with E-state index in [0.29, 0.717) is 11.1 Å². The maximum atomic E-state index is 12.5. The van der Waals surface area contributed by atoms with Crippen LogP contribution >= 0.6 is 23.2 Å². The first-order valence-electron chi connectivity index (χ1n) is 7.61. The van der Waals surface area contributed by atoms with Crippen molar-refractivity contribution in [2.75, 3.05) is 0 Å². The topological polar surface area (TPSA) is 46.2 Å². The van der Waals surface area contributed by atoms with Gasteiger partial charge in [0.2, 0.25) is 0 Å². The molecule has 1 aliphatic heterocycles. The Morgan fingerprint density at radius 3 is 1.56 bits per heavy atom. The number of hydrogen-bond acceptors (Lipinski definition) is 2. The highest BCUT2D eigenvalue weighted by atomic mass is 35.5. The van der Waals surface area contributed by atoms with Crippen LogP contribution in [0.2, 0.25) is 10.0 Å². The van der Waals surface area contributed by atoms with E-state index in [2.05, 4.69) is 5.32 Å². The summed E-state index contributed by atoms with van der Waals surface area (Å²) in [6.07, 6.45) is 0. The van der Waals surface area contributed by atoms with Crippen LogP contribution in [-0.4, -0.2) is 11.8 Å². The Kier molecular flexibility index (Phi) is 3.83. The average Bonchev–Trinajstić information content (AvgIpc) is 2.93. The molecule has 3 aromatic rings. The molecule has 5 heteroatoms. The monoisotopic (exact) mass is 367 g/mol. The van der Waals surface area contributed by atoms with E-state index in [1.807, 2.05) is 60.7 Å². The predicted molar refractivity (Wildman–Crippen MR) is 99.1 cm³/mol. The van der Waals surface area contributed by atoms with Crippen LogP contribution in [-0.2, 0) is 0 Å². The Morgan fingerprint density at radius 2 is 1.00 bits per heavy atom. The Bertz CT molecular complexity index is 1020. The molecule has 0 saturated heterocycles. The first-order chi connectivity index (χ1) is 12.1.